The highest BCUT2D eigenvalue weighted by Crippen LogP contribution is 2.16. The van der Waals surface area contributed by atoms with Crippen LogP contribution in [0.1, 0.15) is 48.8 Å². The van der Waals surface area contributed by atoms with Crippen LogP contribution in [0.5, 0.6) is 5.75 Å². The molecule has 3 amide bonds. The number of unbranched alkanes of at least 4 members (excludes halogenated alkanes) is 1. The van der Waals surface area contributed by atoms with Gasteiger partial charge in [0.2, 0.25) is 11.8 Å². The number of hydrogen-bond acceptors (Lipinski definition) is 7. The summed E-state index contributed by atoms with van der Waals surface area (Å²) in [7, 11) is 0. The van der Waals surface area contributed by atoms with Gasteiger partial charge in [0.15, 0.2) is 0 Å². The Balaban J connectivity index is 1.37. The maximum absolute atomic E-state index is 13.0. The molecule has 10 nitrogen and oxygen atoms in total. The number of carbonyl (C=O) groups excluding carboxylic acids is 3. The second kappa shape index (κ2) is 21.2. The van der Waals surface area contributed by atoms with E-state index in [-0.39, 0.29) is 44.5 Å². The quantitative estimate of drug-likeness (QED) is 0.0851. The minimum absolute atomic E-state index is 0.0895. The maximum Gasteiger partial charge on any atom is 0.407 e. The molecule has 3 aromatic carbocycles. The lowest BCUT2D eigenvalue weighted by Gasteiger charge is -2.22. The first-order chi connectivity index (χ1) is 22.9. The van der Waals surface area contributed by atoms with Gasteiger partial charge in [-0.25, -0.2) is 4.79 Å². The molecule has 252 valence electrons. The van der Waals surface area contributed by atoms with Crippen molar-refractivity contribution in [1.82, 2.24) is 16.0 Å². The molecule has 0 radical (unpaired) electrons. The van der Waals surface area contributed by atoms with Gasteiger partial charge in [-0.1, -0.05) is 78.9 Å². The lowest BCUT2D eigenvalue weighted by Crippen LogP contribution is -2.44. The van der Waals surface area contributed by atoms with Crippen molar-refractivity contribution in [2.75, 3.05) is 19.8 Å². The zero-order valence-electron chi connectivity index (χ0n) is 26.8. The van der Waals surface area contributed by atoms with E-state index in [1.54, 1.807) is 6.08 Å². The number of benzene rings is 3. The van der Waals surface area contributed by atoms with Gasteiger partial charge in [-0.3, -0.25) is 9.59 Å². The Labute approximate surface area is 277 Å². The Morgan fingerprint density at radius 2 is 1.40 bits per heavy atom. The first-order valence-corrected chi connectivity index (χ1v) is 16.0. The van der Waals surface area contributed by atoms with Gasteiger partial charge in [-0.2, -0.15) is 0 Å². The summed E-state index contributed by atoms with van der Waals surface area (Å²) in [4.78, 5) is 37.8. The van der Waals surface area contributed by atoms with Crippen LogP contribution in [0, 0.1) is 5.92 Å². The van der Waals surface area contributed by atoms with Gasteiger partial charge in [-0.05, 0) is 60.9 Å². The van der Waals surface area contributed by atoms with Gasteiger partial charge >= 0.3 is 6.09 Å². The van der Waals surface area contributed by atoms with Crippen LogP contribution < -0.4 is 20.7 Å². The minimum atomic E-state index is -0.678. The summed E-state index contributed by atoms with van der Waals surface area (Å²) >= 11 is 0. The van der Waals surface area contributed by atoms with Crippen LogP contribution in [0.25, 0.3) is 0 Å². The smallest absolute Gasteiger partial charge is 0.407 e. The molecular weight excluding hydrogens is 598 g/mol. The van der Waals surface area contributed by atoms with Crippen molar-refractivity contribution in [3.8, 4) is 5.75 Å². The number of nitrogens with one attached hydrogen (secondary N) is 3. The third-order valence-electron chi connectivity index (χ3n) is 7.52. The van der Waals surface area contributed by atoms with Crippen LogP contribution in [-0.4, -0.2) is 60.0 Å². The first kappa shape index (κ1) is 36.8. The van der Waals surface area contributed by atoms with Crippen molar-refractivity contribution >= 4 is 17.9 Å². The molecule has 0 saturated carbocycles. The Kier molecular flexibility index (Phi) is 16.6. The molecule has 0 bridgehead atoms. The second-order valence-electron chi connectivity index (χ2n) is 11.4. The highest BCUT2D eigenvalue weighted by molar-refractivity contribution is 5.86. The Morgan fingerprint density at radius 3 is 2.02 bits per heavy atom. The van der Waals surface area contributed by atoms with Crippen molar-refractivity contribution < 1.29 is 34.1 Å². The second-order valence-corrected chi connectivity index (χ2v) is 11.4. The zero-order chi connectivity index (χ0) is 33.7. The summed E-state index contributed by atoms with van der Waals surface area (Å²) in [5, 5.41) is 28.1. The van der Waals surface area contributed by atoms with E-state index in [4.69, 9.17) is 9.47 Å². The predicted octanol–water partition coefficient (Wildman–Crippen LogP) is 4.44. The van der Waals surface area contributed by atoms with Gasteiger partial charge in [0.1, 0.15) is 19.0 Å². The summed E-state index contributed by atoms with van der Waals surface area (Å²) in [6.45, 7) is 4.25. The fraction of sp³-hybridized carbons (Fsp3) is 0.378. The van der Waals surface area contributed by atoms with Crippen LogP contribution in [0.4, 0.5) is 4.79 Å². The number of ether oxygens (including phenoxy) is 2. The number of carbonyl (C=O) groups is 3. The van der Waals surface area contributed by atoms with E-state index in [9.17, 15) is 24.6 Å². The Hall–Kier alpha value is -4.67. The fourth-order valence-electron chi connectivity index (χ4n) is 4.91. The van der Waals surface area contributed by atoms with E-state index in [0.717, 1.165) is 22.4 Å². The lowest BCUT2D eigenvalue weighted by atomic mass is 9.98. The van der Waals surface area contributed by atoms with E-state index in [0.29, 0.717) is 38.8 Å². The van der Waals surface area contributed by atoms with Crippen molar-refractivity contribution in [3.63, 3.8) is 0 Å². The van der Waals surface area contributed by atoms with E-state index < -0.39 is 24.1 Å². The molecule has 0 spiro atoms. The van der Waals surface area contributed by atoms with Gasteiger partial charge < -0.3 is 35.6 Å². The van der Waals surface area contributed by atoms with Crippen LogP contribution in [-0.2, 0) is 34.0 Å². The molecule has 47 heavy (non-hydrogen) atoms. The number of aliphatic hydroxyl groups is 2. The third kappa shape index (κ3) is 14.5. The average molecular weight is 646 g/mol. The molecule has 0 aliphatic rings. The van der Waals surface area contributed by atoms with Crippen LogP contribution >= 0.6 is 0 Å². The highest BCUT2D eigenvalue weighted by atomic mass is 16.5. The molecule has 0 aliphatic carbocycles. The number of alkyl carbamates (subject to hydrolysis) is 1. The highest BCUT2D eigenvalue weighted by Gasteiger charge is 2.24. The zero-order valence-corrected chi connectivity index (χ0v) is 26.8. The van der Waals surface area contributed by atoms with Gasteiger partial charge in [0.05, 0.1) is 31.2 Å². The summed E-state index contributed by atoms with van der Waals surface area (Å²) in [5.41, 5.74) is 2.89. The van der Waals surface area contributed by atoms with Crippen molar-refractivity contribution in [2.24, 2.45) is 5.92 Å². The number of aliphatic hydroxyl groups excluding tert-OH is 2. The van der Waals surface area contributed by atoms with E-state index in [2.05, 4.69) is 22.5 Å². The largest absolute Gasteiger partial charge is 0.489 e. The van der Waals surface area contributed by atoms with Crippen LogP contribution in [0.3, 0.4) is 0 Å². The molecule has 3 rings (SSSR count). The lowest BCUT2D eigenvalue weighted by molar-refractivity contribution is -0.131. The molecule has 0 aromatic heterocycles. The molecule has 0 unspecified atom stereocenters. The molecule has 0 aliphatic heterocycles. The third-order valence-corrected chi connectivity index (χ3v) is 7.52. The van der Waals surface area contributed by atoms with Gasteiger partial charge in [0, 0.05) is 13.0 Å². The van der Waals surface area contributed by atoms with E-state index in [1.165, 1.54) is 0 Å². The number of allylic oxidation sites excluding steroid dienone is 1. The topological polar surface area (TPSA) is 146 Å². The van der Waals surface area contributed by atoms with Crippen molar-refractivity contribution in [2.45, 2.75) is 63.8 Å². The van der Waals surface area contributed by atoms with Crippen LogP contribution in [0.2, 0.25) is 0 Å². The Morgan fingerprint density at radius 1 is 0.766 bits per heavy atom. The number of rotatable bonds is 21. The first-order valence-electron chi connectivity index (χ1n) is 16.0. The van der Waals surface area contributed by atoms with Gasteiger partial charge in [0.25, 0.3) is 0 Å². The summed E-state index contributed by atoms with van der Waals surface area (Å²) in [6, 6.07) is 25.7. The van der Waals surface area contributed by atoms with E-state index in [1.807, 2.05) is 84.9 Å². The van der Waals surface area contributed by atoms with Gasteiger partial charge in [-0.15, -0.1) is 6.58 Å². The van der Waals surface area contributed by atoms with E-state index >= 15 is 0 Å². The van der Waals surface area contributed by atoms with Crippen molar-refractivity contribution in [3.05, 3.63) is 114 Å². The average Bonchev–Trinajstić information content (AvgIpc) is 3.10. The number of hydrogen-bond donors (Lipinski definition) is 5. The molecule has 0 heterocycles. The SMILES string of the molecule is C=CC[C@H](CC(=O)N[C@H](CO)Cc1ccc(OCc2ccccc2)cc1)C(=O)N[C@H](CO)CCCCNC(=O)OCc1ccccc1. The molecule has 0 saturated heterocycles. The van der Waals surface area contributed by atoms with Crippen LogP contribution in [0.15, 0.2) is 97.6 Å². The molecule has 0 fully saturated rings. The number of amides is 3. The molecular formula is C37H47N3O7. The Bertz CT molecular complexity index is 1350. The maximum atomic E-state index is 13.0. The molecule has 3 atom stereocenters. The standard InChI is InChI=1S/C37H47N3O7/c1-2-11-31(36(44)40-32(24-41)16-9-10-21-38-37(45)47-27-30-14-7-4-8-15-30)23-35(43)39-33(25-42)22-28-17-19-34(20-18-28)46-26-29-12-5-3-6-13-29/h2-8,12-15,17-20,31-33,41-42H,1,9-11,16,21-27H2,(H,38,45)(H,39,43)(H,40,44)/t31-,32+,33+/m1/s1. The fourth-order valence-corrected chi connectivity index (χ4v) is 4.91. The summed E-state index contributed by atoms with van der Waals surface area (Å²) < 4.78 is 11.0. The normalized spacial score (nSPS) is 12.6. The predicted molar refractivity (Wildman–Crippen MR) is 180 cm³/mol. The summed E-state index contributed by atoms with van der Waals surface area (Å²) in [5.74, 6) is -0.673. The molecule has 10 heteroatoms. The molecule has 5 N–H and O–H groups in total. The monoisotopic (exact) mass is 645 g/mol. The van der Waals surface area contributed by atoms with Crippen molar-refractivity contribution in [1.29, 1.82) is 0 Å². The summed E-state index contributed by atoms with van der Waals surface area (Å²) in [6.07, 6.45) is 3.46. The minimum Gasteiger partial charge on any atom is -0.489 e. The molecule has 3 aromatic rings.